The Morgan fingerprint density at radius 1 is 1.02 bits per heavy atom. The van der Waals surface area contributed by atoms with Gasteiger partial charge in [-0.25, -0.2) is 13.6 Å². The molecule has 14 heteroatoms. The van der Waals surface area contributed by atoms with E-state index in [9.17, 15) is 43.3 Å². The van der Waals surface area contributed by atoms with Crippen LogP contribution in [0, 0.1) is 11.6 Å². The molecule has 0 unspecified atom stereocenters. The van der Waals surface area contributed by atoms with Crippen LogP contribution < -0.4 is 16.1 Å². The van der Waals surface area contributed by atoms with Gasteiger partial charge < -0.3 is 30.5 Å². The molecule has 2 heterocycles. The third-order valence-corrected chi connectivity index (χ3v) is 8.02. The molecular formula is C30H24F2N4O7S. The molecule has 6 N–H and O–H groups in total. The minimum absolute atomic E-state index is 0.0513. The number of aliphatic carboxylic acids is 1. The molecule has 0 aliphatic carbocycles. The number of carbonyl (C=O) groups is 3. The summed E-state index contributed by atoms with van der Waals surface area (Å²) in [7, 11) is 0. The number of aromatic hydroxyl groups is 1. The molecule has 1 aliphatic heterocycles. The number of aromatic nitrogens is 1. The van der Waals surface area contributed by atoms with Crippen molar-refractivity contribution in [2.75, 3.05) is 18.5 Å². The van der Waals surface area contributed by atoms with Gasteiger partial charge in [-0.1, -0.05) is 30.3 Å². The maximum Gasteiger partial charge on any atom is 0.335 e. The normalized spacial score (nSPS) is 13.7. The lowest BCUT2D eigenvalue weighted by Gasteiger charge is -2.27. The molecular weight excluding hydrogens is 598 g/mol. The summed E-state index contributed by atoms with van der Waals surface area (Å²) in [4.78, 5) is 53.5. The lowest BCUT2D eigenvalue weighted by Crippen LogP contribution is -2.44. The highest BCUT2D eigenvalue weighted by atomic mass is 32.2. The van der Waals surface area contributed by atoms with Crippen molar-refractivity contribution in [2.24, 2.45) is 0 Å². The van der Waals surface area contributed by atoms with Gasteiger partial charge in [-0.2, -0.15) is 0 Å². The van der Waals surface area contributed by atoms with E-state index < -0.39 is 65.6 Å². The Balaban J connectivity index is 1.43. The van der Waals surface area contributed by atoms with Crippen molar-refractivity contribution in [1.82, 2.24) is 15.2 Å². The number of carboxylic acid groups (broad SMARTS) is 2. The largest absolute Gasteiger partial charge is 0.502 e. The Kier molecular flexibility index (Phi) is 8.64. The van der Waals surface area contributed by atoms with Gasteiger partial charge in [0.15, 0.2) is 23.1 Å². The highest BCUT2D eigenvalue weighted by molar-refractivity contribution is 7.98. The van der Waals surface area contributed by atoms with Gasteiger partial charge in [0.1, 0.15) is 12.2 Å². The molecule has 11 nitrogen and oxygen atoms in total. The number of carbonyl (C=O) groups excluding carboxylic acids is 1. The number of aromatic carboxylic acids is 1. The number of nitrogens with one attached hydrogen (secondary N) is 3. The number of nitrogens with zero attached hydrogens (tertiary/aromatic N) is 1. The van der Waals surface area contributed by atoms with Crippen LogP contribution in [0.3, 0.4) is 0 Å². The van der Waals surface area contributed by atoms with Crippen LogP contribution in [-0.4, -0.2) is 56.3 Å². The molecule has 1 amide bonds. The zero-order chi connectivity index (χ0) is 31.5. The van der Waals surface area contributed by atoms with Crippen LogP contribution in [0.1, 0.15) is 43.6 Å². The number of hydrogen-bond acceptors (Lipinski definition) is 8. The second-order valence-electron chi connectivity index (χ2n) is 9.71. The lowest BCUT2D eigenvalue weighted by molar-refractivity contribution is -0.137. The molecule has 3 aromatic carbocycles. The molecule has 0 bridgehead atoms. The van der Waals surface area contributed by atoms with Crippen molar-refractivity contribution >= 4 is 41.0 Å². The first-order chi connectivity index (χ1) is 21.0. The van der Waals surface area contributed by atoms with Gasteiger partial charge in [0.05, 0.1) is 18.3 Å². The fourth-order valence-electron chi connectivity index (χ4n) is 4.80. The van der Waals surface area contributed by atoms with E-state index in [1.807, 2.05) is 6.07 Å². The molecule has 1 aliphatic rings. The number of anilines is 2. The number of hydrogen-bond donors (Lipinski definition) is 6. The van der Waals surface area contributed by atoms with Crippen LogP contribution >= 0.6 is 11.8 Å². The SMILES string of the molecule is O=C(O)CN(CN[C@H]1c2ccccc2SCc2c1ccc(F)c2F)C(=O)c1[nH]cc(Nc2cccc(C(=O)O)c2)c(=O)c1O. The molecule has 1 aromatic heterocycles. The van der Waals surface area contributed by atoms with Gasteiger partial charge in [-0.15, -0.1) is 11.8 Å². The second-order valence-corrected chi connectivity index (χ2v) is 10.7. The fraction of sp³-hybridized carbons (Fsp3) is 0.133. The smallest absolute Gasteiger partial charge is 0.335 e. The Morgan fingerprint density at radius 3 is 2.55 bits per heavy atom. The fourth-order valence-corrected chi connectivity index (χ4v) is 5.92. The number of fused-ring (bicyclic) bond motifs is 2. The summed E-state index contributed by atoms with van der Waals surface area (Å²) in [6.07, 6.45) is 1.08. The van der Waals surface area contributed by atoms with Gasteiger partial charge in [0, 0.05) is 28.1 Å². The summed E-state index contributed by atoms with van der Waals surface area (Å²) in [5, 5.41) is 35.1. The zero-order valence-electron chi connectivity index (χ0n) is 22.6. The van der Waals surface area contributed by atoms with Crippen LogP contribution in [0.25, 0.3) is 0 Å². The first-order valence-electron chi connectivity index (χ1n) is 13.0. The van der Waals surface area contributed by atoms with E-state index in [2.05, 4.69) is 15.6 Å². The first-order valence-corrected chi connectivity index (χ1v) is 14.0. The summed E-state index contributed by atoms with van der Waals surface area (Å²) in [5.41, 5.74) is -0.396. The summed E-state index contributed by atoms with van der Waals surface area (Å²) < 4.78 is 29.0. The second kappa shape index (κ2) is 12.6. The molecule has 4 aromatic rings. The van der Waals surface area contributed by atoms with Gasteiger partial charge >= 0.3 is 11.9 Å². The van der Waals surface area contributed by atoms with E-state index in [1.54, 1.807) is 18.2 Å². The third kappa shape index (κ3) is 6.11. The minimum atomic E-state index is -1.39. The number of H-pyrrole nitrogens is 1. The molecule has 0 saturated carbocycles. The number of thioether (sulfide) groups is 1. The average molecular weight is 623 g/mol. The Labute approximate surface area is 252 Å². The maximum atomic E-state index is 14.8. The molecule has 0 fully saturated rings. The van der Waals surface area contributed by atoms with E-state index in [0.29, 0.717) is 11.1 Å². The number of amides is 1. The molecule has 226 valence electrons. The van der Waals surface area contributed by atoms with E-state index >= 15 is 0 Å². The number of benzene rings is 3. The summed E-state index contributed by atoms with van der Waals surface area (Å²) in [6, 6.07) is 14.3. The summed E-state index contributed by atoms with van der Waals surface area (Å²) in [5.74, 6) is -6.47. The number of aromatic amines is 1. The van der Waals surface area contributed by atoms with E-state index in [-0.39, 0.29) is 28.3 Å². The van der Waals surface area contributed by atoms with Gasteiger partial charge in [-0.3, -0.25) is 19.7 Å². The lowest BCUT2D eigenvalue weighted by atomic mass is 9.94. The molecule has 1 atom stereocenters. The summed E-state index contributed by atoms with van der Waals surface area (Å²) >= 11 is 1.31. The van der Waals surface area contributed by atoms with Crippen molar-refractivity contribution in [3.05, 3.63) is 117 Å². The molecule has 0 saturated heterocycles. The number of carboxylic acids is 2. The van der Waals surface area contributed by atoms with Gasteiger partial charge in [0.2, 0.25) is 5.43 Å². The molecule has 44 heavy (non-hydrogen) atoms. The first kappa shape index (κ1) is 30.3. The number of rotatable bonds is 9. The highest BCUT2D eigenvalue weighted by Crippen LogP contribution is 2.40. The molecule has 5 rings (SSSR count). The number of pyridine rings is 1. The van der Waals surface area contributed by atoms with Gasteiger partial charge in [-0.05, 0) is 41.5 Å². The van der Waals surface area contributed by atoms with Crippen molar-refractivity contribution in [1.29, 1.82) is 0 Å². The zero-order valence-corrected chi connectivity index (χ0v) is 23.5. The van der Waals surface area contributed by atoms with Crippen LogP contribution in [0.2, 0.25) is 0 Å². The standard InChI is InChI=1S/C30H24F2N4O7S/c31-20-9-8-17-19(24(20)32)13-44-22-7-2-1-6-18(22)25(17)34-14-36(12-23(37)38)29(41)26-28(40)27(39)21(11-33-26)35-16-5-3-4-15(10-16)30(42)43/h1-11,25,34-35,40H,12-14H2,(H,33,39)(H,37,38)(H,42,43)/t25-/m1/s1. The van der Waals surface area contributed by atoms with E-state index in [4.69, 9.17) is 0 Å². The minimum Gasteiger partial charge on any atom is -0.502 e. The van der Waals surface area contributed by atoms with Crippen LogP contribution in [-0.2, 0) is 10.5 Å². The van der Waals surface area contributed by atoms with Crippen molar-refractivity contribution in [3.8, 4) is 5.75 Å². The average Bonchev–Trinajstić information content (AvgIpc) is 3.16. The molecule has 0 radical (unpaired) electrons. The summed E-state index contributed by atoms with van der Waals surface area (Å²) in [6.45, 7) is -1.25. The van der Waals surface area contributed by atoms with Crippen molar-refractivity contribution in [2.45, 2.75) is 16.7 Å². The predicted octanol–water partition coefficient (Wildman–Crippen LogP) is 4.27. The van der Waals surface area contributed by atoms with Crippen LogP contribution in [0.15, 0.2) is 76.6 Å². The monoisotopic (exact) mass is 622 g/mol. The van der Waals surface area contributed by atoms with E-state index in [1.165, 1.54) is 42.1 Å². The van der Waals surface area contributed by atoms with Crippen molar-refractivity contribution < 1.29 is 38.5 Å². The Hall–Kier alpha value is -5.21. The predicted molar refractivity (Wildman–Crippen MR) is 156 cm³/mol. The Bertz CT molecular complexity index is 1850. The van der Waals surface area contributed by atoms with Crippen molar-refractivity contribution in [3.63, 3.8) is 0 Å². The topological polar surface area (TPSA) is 172 Å². The van der Waals surface area contributed by atoms with Crippen LogP contribution in [0.5, 0.6) is 5.75 Å². The number of halogens is 2. The quantitative estimate of drug-likeness (QED) is 0.148. The highest BCUT2D eigenvalue weighted by Gasteiger charge is 2.30. The maximum absolute atomic E-state index is 14.8. The third-order valence-electron chi connectivity index (χ3n) is 6.90. The molecule has 0 spiro atoms. The van der Waals surface area contributed by atoms with Gasteiger partial charge in [0.25, 0.3) is 5.91 Å². The Morgan fingerprint density at radius 2 is 1.80 bits per heavy atom. The van der Waals surface area contributed by atoms with E-state index in [0.717, 1.165) is 22.1 Å². The van der Waals surface area contributed by atoms with Crippen LogP contribution in [0.4, 0.5) is 20.2 Å².